The highest BCUT2D eigenvalue weighted by atomic mass is 19.1. The zero-order valence-corrected chi connectivity index (χ0v) is 12.7. The van der Waals surface area contributed by atoms with E-state index in [-0.39, 0.29) is 18.4 Å². The smallest absolute Gasteiger partial charge is 0.249 e. The summed E-state index contributed by atoms with van der Waals surface area (Å²) in [6.45, 7) is 7.07. The fraction of sp³-hybridized carbons (Fsp3) is 0.533. The first kappa shape index (κ1) is 15.4. The Kier molecular flexibility index (Phi) is 3.74. The lowest BCUT2D eigenvalue weighted by molar-refractivity contribution is -0.161. The molecule has 114 valence electrons. The van der Waals surface area contributed by atoms with Crippen LogP contribution >= 0.6 is 0 Å². The number of hydrogen-bond donors (Lipinski definition) is 1. The standard InChI is InChI=1S/C15H20FN3O2/c1-5-15(4)13(21)19(14(2,3)12(20)18-15)9-10-6-11(16)8-17-7-10/h6-8H,5,9H2,1-4H3,(H,18,20). The van der Waals surface area contributed by atoms with Crippen LogP contribution in [0.4, 0.5) is 4.39 Å². The third kappa shape index (κ3) is 2.62. The molecule has 2 heterocycles. The summed E-state index contributed by atoms with van der Waals surface area (Å²) in [5, 5.41) is 2.79. The van der Waals surface area contributed by atoms with Gasteiger partial charge >= 0.3 is 0 Å². The molecular weight excluding hydrogens is 273 g/mol. The van der Waals surface area contributed by atoms with Crippen molar-refractivity contribution >= 4 is 11.8 Å². The molecule has 2 rings (SSSR count). The van der Waals surface area contributed by atoms with Crippen molar-refractivity contribution in [2.75, 3.05) is 0 Å². The van der Waals surface area contributed by atoms with E-state index in [0.717, 1.165) is 6.20 Å². The molecule has 2 amide bonds. The maximum absolute atomic E-state index is 13.3. The average Bonchev–Trinajstić information content (AvgIpc) is 2.42. The van der Waals surface area contributed by atoms with Gasteiger partial charge in [0.05, 0.1) is 6.20 Å². The normalized spacial score (nSPS) is 24.9. The number of amides is 2. The number of nitrogens with one attached hydrogen (secondary N) is 1. The highest BCUT2D eigenvalue weighted by molar-refractivity contribution is 6.01. The molecule has 1 aliphatic rings. The second-order valence-corrected chi connectivity index (χ2v) is 6.10. The number of hydrogen-bond acceptors (Lipinski definition) is 3. The second kappa shape index (κ2) is 5.09. The van der Waals surface area contributed by atoms with Gasteiger partial charge in [-0.3, -0.25) is 14.6 Å². The van der Waals surface area contributed by atoms with Crippen molar-refractivity contribution in [3.63, 3.8) is 0 Å². The number of nitrogens with zero attached hydrogens (tertiary/aromatic N) is 2. The molecule has 0 spiro atoms. The minimum atomic E-state index is -0.988. The minimum absolute atomic E-state index is 0.152. The monoisotopic (exact) mass is 293 g/mol. The van der Waals surface area contributed by atoms with Crippen molar-refractivity contribution < 1.29 is 14.0 Å². The first-order chi connectivity index (χ1) is 9.70. The zero-order valence-electron chi connectivity index (χ0n) is 12.7. The summed E-state index contributed by atoms with van der Waals surface area (Å²) >= 11 is 0. The molecule has 0 radical (unpaired) electrons. The summed E-state index contributed by atoms with van der Waals surface area (Å²) in [5.74, 6) is -0.841. The van der Waals surface area contributed by atoms with Gasteiger partial charge in [0.25, 0.3) is 0 Å². The molecule has 1 aliphatic heterocycles. The Morgan fingerprint density at radius 3 is 2.52 bits per heavy atom. The Hall–Kier alpha value is -1.98. The lowest BCUT2D eigenvalue weighted by Gasteiger charge is -2.48. The third-order valence-corrected chi connectivity index (χ3v) is 4.15. The maximum atomic E-state index is 13.3. The van der Waals surface area contributed by atoms with Gasteiger partial charge in [0.2, 0.25) is 11.8 Å². The molecule has 1 aromatic rings. The number of rotatable bonds is 3. The van der Waals surface area contributed by atoms with E-state index in [1.807, 2.05) is 6.92 Å². The molecule has 1 atom stereocenters. The van der Waals surface area contributed by atoms with Crippen LogP contribution in [0.5, 0.6) is 0 Å². The second-order valence-electron chi connectivity index (χ2n) is 6.10. The molecule has 1 N–H and O–H groups in total. The highest BCUT2D eigenvalue weighted by Gasteiger charge is 2.51. The van der Waals surface area contributed by atoms with Crippen LogP contribution in [0.25, 0.3) is 0 Å². The Morgan fingerprint density at radius 2 is 1.95 bits per heavy atom. The summed E-state index contributed by atoms with van der Waals surface area (Å²) in [6, 6.07) is 1.33. The Morgan fingerprint density at radius 1 is 1.29 bits per heavy atom. The van der Waals surface area contributed by atoms with Gasteiger partial charge in [-0.25, -0.2) is 4.39 Å². The molecule has 0 saturated carbocycles. The van der Waals surface area contributed by atoms with Crippen LogP contribution in [0.2, 0.25) is 0 Å². The summed E-state index contributed by atoms with van der Waals surface area (Å²) in [7, 11) is 0. The largest absolute Gasteiger partial charge is 0.340 e. The van der Waals surface area contributed by atoms with Crippen LogP contribution in [-0.4, -0.2) is 32.8 Å². The Bertz CT molecular complexity index is 588. The summed E-state index contributed by atoms with van der Waals surface area (Å²) in [4.78, 5) is 30.3. The van der Waals surface area contributed by atoms with Crippen molar-refractivity contribution in [2.24, 2.45) is 0 Å². The lowest BCUT2D eigenvalue weighted by Crippen LogP contribution is -2.72. The van der Waals surface area contributed by atoms with Gasteiger partial charge in [0, 0.05) is 12.7 Å². The summed E-state index contributed by atoms with van der Waals surface area (Å²) in [5.41, 5.74) is -1.35. The predicted molar refractivity (Wildman–Crippen MR) is 75.7 cm³/mol. The average molecular weight is 293 g/mol. The van der Waals surface area contributed by atoms with Gasteiger partial charge in [-0.2, -0.15) is 0 Å². The van der Waals surface area contributed by atoms with Crippen molar-refractivity contribution in [2.45, 2.75) is 51.7 Å². The van der Waals surface area contributed by atoms with Gasteiger partial charge in [-0.05, 0) is 38.8 Å². The molecule has 1 unspecified atom stereocenters. The number of piperazine rings is 1. The third-order valence-electron chi connectivity index (χ3n) is 4.15. The van der Waals surface area contributed by atoms with E-state index >= 15 is 0 Å². The number of halogens is 1. The molecular formula is C15H20FN3O2. The van der Waals surface area contributed by atoms with Gasteiger partial charge in [-0.15, -0.1) is 0 Å². The van der Waals surface area contributed by atoms with E-state index in [1.54, 1.807) is 20.8 Å². The molecule has 0 aliphatic carbocycles. The summed E-state index contributed by atoms with van der Waals surface area (Å²) < 4.78 is 13.3. The van der Waals surface area contributed by atoms with Crippen molar-refractivity contribution in [3.05, 3.63) is 29.8 Å². The molecule has 1 aromatic heterocycles. The number of carbonyl (C=O) groups is 2. The van der Waals surface area contributed by atoms with Crippen molar-refractivity contribution in [1.29, 1.82) is 0 Å². The maximum Gasteiger partial charge on any atom is 0.249 e. The van der Waals surface area contributed by atoms with Crippen molar-refractivity contribution in [3.8, 4) is 0 Å². The van der Waals surface area contributed by atoms with E-state index in [9.17, 15) is 14.0 Å². The topological polar surface area (TPSA) is 62.3 Å². The van der Waals surface area contributed by atoms with Crippen LogP contribution < -0.4 is 5.32 Å². The molecule has 5 nitrogen and oxygen atoms in total. The zero-order chi connectivity index (χ0) is 15.8. The number of aromatic nitrogens is 1. The lowest BCUT2D eigenvalue weighted by atomic mass is 9.86. The van der Waals surface area contributed by atoms with Crippen LogP contribution in [-0.2, 0) is 16.1 Å². The summed E-state index contributed by atoms with van der Waals surface area (Å²) in [6.07, 6.45) is 3.10. The quantitative estimate of drug-likeness (QED) is 0.921. The highest BCUT2D eigenvalue weighted by Crippen LogP contribution is 2.29. The van der Waals surface area contributed by atoms with Crippen molar-refractivity contribution in [1.82, 2.24) is 15.2 Å². The van der Waals surface area contributed by atoms with E-state index in [0.29, 0.717) is 12.0 Å². The molecule has 0 bridgehead atoms. The fourth-order valence-electron chi connectivity index (χ4n) is 2.37. The van der Waals surface area contributed by atoms with Crippen LogP contribution in [0.3, 0.4) is 0 Å². The van der Waals surface area contributed by atoms with E-state index in [1.165, 1.54) is 17.2 Å². The Balaban J connectivity index is 2.37. The van der Waals surface area contributed by atoms with Gasteiger partial charge in [-0.1, -0.05) is 6.92 Å². The minimum Gasteiger partial charge on any atom is -0.340 e. The number of pyridine rings is 1. The number of carbonyl (C=O) groups excluding carboxylic acids is 2. The molecule has 1 saturated heterocycles. The molecule has 6 heteroatoms. The van der Waals surface area contributed by atoms with Gasteiger partial charge in [0.1, 0.15) is 16.9 Å². The molecule has 1 fully saturated rings. The van der Waals surface area contributed by atoms with E-state index in [2.05, 4.69) is 10.3 Å². The first-order valence-corrected chi connectivity index (χ1v) is 6.95. The molecule has 0 aromatic carbocycles. The van der Waals surface area contributed by atoms with Crippen LogP contribution in [0.15, 0.2) is 18.5 Å². The first-order valence-electron chi connectivity index (χ1n) is 6.95. The molecule has 21 heavy (non-hydrogen) atoms. The van der Waals surface area contributed by atoms with E-state index < -0.39 is 16.9 Å². The SMILES string of the molecule is CCC1(C)NC(=O)C(C)(C)N(Cc2cncc(F)c2)C1=O. The predicted octanol–water partition coefficient (Wildman–Crippen LogP) is 1.63. The van der Waals surface area contributed by atoms with Crippen LogP contribution in [0, 0.1) is 5.82 Å². The van der Waals surface area contributed by atoms with Gasteiger partial charge in [0.15, 0.2) is 0 Å². The van der Waals surface area contributed by atoms with Gasteiger partial charge < -0.3 is 10.2 Å². The van der Waals surface area contributed by atoms with E-state index in [4.69, 9.17) is 0 Å². The fourth-order valence-corrected chi connectivity index (χ4v) is 2.37. The Labute approximate surface area is 123 Å². The van der Waals surface area contributed by atoms with Crippen LogP contribution in [0.1, 0.15) is 39.7 Å².